The van der Waals surface area contributed by atoms with E-state index in [9.17, 15) is 4.79 Å². The van der Waals surface area contributed by atoms with Crippen LogP contribution in [0.5, 0.6) is 5.75 Å². The largest absolute Gasteiger partial charge is 0.490 e. The molecule has 1 aliphatic heterocycles. The standard InChI is InChI=1S/C20H24N2O2/c1-15(2)22(13-16-6-4-3-5-7-16)14-19(23)17-8-9-20-18(12-17)21-10-11-24-20/h3-9,12,15,21H,10-11,13-14H2,1-2H3. The summed E-state index contributed by atoms with van der Waals surface area (Å²) >= 11 is 0. The number of ether oxygens (including phenoxy) is 1. The fourth-order valence-electron chi connectivity index (χ4n) is 2.83. The Balaban J connectivity index is 1.71. The highest BCUT2D eigenvalue weighted by Crippen LogP contribution is 2.28. The third kappa shape index (κ3) is 3.95. The predicted molar refractivity (Wildman–Crippen MR) is 96.7 cm³/mol. The third-order valence-electron chi connectivity index (χ3n) is 4.28. The number of hydrogen-bond acceptors (Lipinski definition) is 4. The molecule has 0 spiro atoms. The minimum Gasteiger partial charge on any atom is -0.490 e. The van der Waals surface area contributed by atoms with E-state index in [1.54, 1.807) is 0 Å². The molecule has 0 saturated heterocycles. The minimum absolute atomic E-state index is 0.134. The van der Waals surface area contributed by atoms with Gasteiger partial charge < -0.3 is 10.1 Å². The summed E-state index contributed by atoms with van der Waals surface area (Å²) in [5.74, 6) is 0.956. The van der Waals surface area contributed by atoms with Crippen LogP contribution in [0, 0.1) is 0 Å². The number of benzene rings is 2. The van der Waals surface area contributed by atoms with Gasteiger partial charge in [0, 0.05) is 24.7 Å². The Morgan fingerprint density at radius 2 is 2.00 bits per heavy atom. The van der Waals surface area contributed by atoms with Gasteiger partial charge in [-0.1, -0.05) is 30.3 Å². The van der Waals surface area contributed by atoms with Crippen LogP contribution in [0.2, 0.25) is 0 Å². The Hall–Kier alpha value is -2.33. The van der Waals surface area contributed by atoms with Gasteiger partial charge in [0.2, 0.25) is 0 Å². The second-order valence-electron chi connectivity index (χ2n) is 6.39. The van der Waals surface area contributed by atoms with Gasteiger partial charge in [-0.05, 0) is 37.6 Å². The number of nitrogens with one attached hydrogen (secondary N) is 1. The number of anilines is 1. The molecule has 0 fully saturated rings. The summed E-state index contributed by atoms with van der Waals surface area (Å²) in [6.45, 7) is 6.87. The van der Waals surface area contributed by atoms with Crippen LogP contribution in [0.3, 0.4) is 0 Å². The van der Waals surface area contributed by atoms with Gasteiger partial charge in [-0.3, -0.25) is 9.69 Å². The number of ketones is 1. The highest BCUT2D eigenvalue weighted by molar-refractivity contribution is 5.98. The number of fused-ring (bicyclic) bond motifs is 1. The van der Waals surface area contributed by atoms with E-state index >= 15 is 0 Å². The number of Topliss-reactive ketones (excluding diaryl/α,β-unsaturated/α-hetero) is 1. The lowest BCUT2D eigenvalue weighted by Gasteiger charge is -2.26. The van der Waals surface area contributed by atoms with E-state index in [1.165, 1.54) is 5.56 Å². The van der Waals surface area contributed by atoms with Crippen LogP contribution in [-0.4, -0.2) is 36.4 Å². The number of nitrogens with zero attached hydrogens (tertiary/aromatic N) is 1. The number of hydrogen-bond donors (Lipinski definition) is 1. The van der Waals surface area contributed by atoms with Crippen molar-refractivity contribution in [3.63, 3.8) is 0 Å². The van der Waals surface area contributed by atoms with Crippen LogP contribution in [0.15, 0.2) is 48.5 Å². The van der Waals surface area contributed by atoms with E-state index in [0.717, 1.165) is 30.1 Å². The molecule has 3 rings (SSSR count). The lowest BCUT2D eigenvalue weighted by atomic mass is 10.1. The van der Waals surface area contributed by atoms with Gasteiger partial charge in [0.15, 0.2) is 5.78 Å². The van der Waals surface area contributed by atoms with Crippen molar-refractivity contribution in [1.29, 1.82) is 0 Å². The molecular formula is C20H24N2O2. The van der Waals surface area contributed by atoms with Crippen molar-refractivity contribution in [1.82, 2.24) is 4.90 Å². The minimum atomic E-state index is 0.134. The molecule has 0 unspecified atom stereocenters. The lowest BCUT2D eigenvalue weighted by molar-refractivity contribution is 0.0898. The molecule has 2 aromatic rings. The average Bonchev–Trinajstić information content (AvgIpc) is 2.61. The summed E-state index contributed by atoms with van der Waals surface area (Å²) in [5, 5.41) is 3.28. The zero-order chi connectivity index (χ0) is 16.9. The molecule has 4 nitrogen and oxygen atoms in total. The molecule has 0 radical (unpaired) electrons. The second kappa shape index (κ2) is 7.49. The van der Waals surface area contributed by atoms with E-state index in [2.05, 4.69) is 36.2 Å². The molecule has 0 bridgehead atoms. The molecule has 0 saturated carbocycles. The van der Waals surface area contributed by atoms with Crippen LogP contribution in [0.4, 0.5) is 5.69 Å². The van der Waals surface area contributed by atoms with E-state index in [1.807, 2.05) is 36.4 Å². The van der Waals surface area contributed by atoms with Crippen LogP contribution in [-0.2, 0) is 6.54 Å². The highest BCUT2D eigenvalue weighted by Gasteiger charge is 2.18. The quantitative estimate of drug-likeness (QED) is 0.825. The van der Waals surface area contributed by atoms with Gasteiger partial charge in [-0.15, -0.1) is 0 Å². The van der Waals surface area contributed by atoms with Gasteiger partial charge in [0.05, 0.1) is 12.2 Å². The maximum absolute atomic E-state index is 12.7. The Morgan fingerprint density at radius 1 is 1.21 bits per heavy atom. The molecule has 1 heterocycles. The molecular weight excluding hydrogens is 300 g/mol. The van der Waals surface area contributed by atoms with E-state index in [0.29, 0.717) is 19.2 Å². The van der Waals surface area contributed by atoms with Gasteiger partial charge in [0.25, 0.3) is 0 Å². The molecule has 1 aliphatic rings. The van der Waals surface area contributed by atoms with Crippen LogP contribution < -0.4 is 10.1 Å². The first-order valence-electron chi connectivity index (χ1n) is 8.45. The topological polar surface area (TPSA) is 41.6 Å². The number of carbonyl (C=O) groups is 1. The highest BCUT2D eigenvalue weighted by atomic mass is 16.5. The van der Waals surface area contributed by atoms with Crippen molar-refractivity contribution in [3.05, 3.63) is 59.7 Å². The monoisotopic (exact) mass is 324 g/mol. The molecule has 4 heteroatoms. The maximum Gasteiger partial charge on any atom is 0.176 e. The Kier molecular flexibility index (Phi) is 5.16. The second-order valence-corrected chi connectivity index (χ2v) is 6.39. The van der Waals surface area contributed by atoms with Crippen LogP contribution >= 0.6 is 0 Å². The first-order valence-corrected chi connectivity index (χ1v) is 8.45. The van der Waals surface area contributed by atoms with Gasteiger partial charge in [-0.25, -0.2) is 0 Å². The van der Waals surface area contributed by atoms with E-state index < -0.39 is 0 Å². The molecule has 0 aromatic heterocycles. The molecule has 24 heavy (non-hydrogen) atoms. The van der Waals surface area contributed by atoms with Crippen molar-refractivity contribution in [2.45, 2.75) is 26.4 Å². The zero-order valence-electron chi connectivity index (χ0n) is 14.3. The number of carbonyl (C=O) groups excluding carboxylic acids is 1. The summed E-state index contributed by atoms with van der Waals surface area (Å²) in [7, 11) is 0. The Bertz CT molecular complexity index is 698. The molecule has 1 N–H and O–H groups in total. The van der Waals surface area contributed by atoms with E-state index in [-0.39, 0.29) is 5.78 Å². The average molecular weight is 324 g/mol. The smallest absolute Gasteiger partial charge is 0.176 e. The molecule has 126 valence electrons. The van der Waals surface area contributed by atoms with Crippen molar-refractivity contribution in [3.8, 4) is 5.75 Å². The summed E-state index contributed by atoms with van der Waals surface area (Å²) < 4.78 is 5.57. The van der Waals surface area contributed by atoms with Crippen molar-refractivity contribution < 1.29 is 9.53 Å². The first kappa shape index (κ1) is 16.5. The summed E-state index contributed by atoms with van der Waals surface area (Å²) in [6.07, 6.45) is 0. The molecule has 0 atom stereocenters. The van der Waals surface area contributed by atoms with Crippen molar-refractivity contribution in [2.24, 2.45) is 0 Å². The zero-order valence-corrected chi connectivity index (χ0v) is 14.3. The summed E-state index contributed by atoms with van der Waals surface area (Å²) in [6, 6.07) is 16.2. The van der Waals surface area contributed by atoms with Gasteiger partial charge >= 0.3 is 0 Å². The molecule has 2 aromatic carbocycles. The van der Waals surface area contributed by atoms with Crippen molar-refractivity contribution in [2.75, 3.05) is 25.0 Å². The van der Waals surface area contributed by atoms with Gasteiger partial charge in [-0.2, -0.15) is 0 Å². The first-order chi connectivity index (χ1) is 11.6. The Morgan fingerprint density at radius 3 is 2.75 bits per heavy atom. The fourth-order valence-corrected chi connectivity index (χ4v) is 2.83. The summed E-state index contributed by atoms with van der Waals surface area (Å²) in [4.78, 5) is 14.9. The maximum atomic E-state index is 12.7. The molecule has 0 amide bonds. The van der Waals surface area contributed by atoms with Crippen molar-refractivity contribution >= 4 is 11.5 Å². The fraction of sp³-hybridized carbons (Fsp3) is 0.350. The van der Waals surface area contributed by atoms with Gasteiger partial charge in [0.1, 0.15) is 12.4 Å². The predicted octanol–water partition coefficient (Wildman–Crippen LogP) is 3.58. The van der Waals surface area contributed by atoms with Crippen LogP contribution in [0.1, 0.15) is 29.8 Å². The normalized spacial score (nSPS) is 13.3. The third-order valence-corrected chi connectivity index (χ3v) is 4.28. The van der Waals surface area contributed by atoms with Crippen LogP contribution in [0.25, 0.3) is 0 Å². The lowest BCUT2D eigenvalue weighted by Crippen LogP contribution is -2.35. The number of rotatable bonds is 6. The Labute approximate surface area is 143 Å². The summed E-state index contributed by atoms with van der Waals surface area (Å²) in [5.41, 5.74) is 2.86. The SMILES string of the molecule is CC(C)N(CC(=O)c1ccc2c(c1)NCCO2)Cc1ccccc1. The van der Waals surface area contributed by atoms with E-state index in [4.69, 9.17) is 4.74 Å². The molecule has 0 aliphatic carbocycles.